The second-order valence-corrected chi connectivity index (χ2v) is 5.53. The van der Waals surface area contributed by atoms with Gasteiger partial charge in [-0.25, -0.2) is 0 Å². The third kappa shape index (κ3) is 4.75. The topological polar surface area (TPSA) is 33.3 Å². The van der Waals surface area contributed by atoms with Crippen molar-refractivity contribution in [1.29, 1.82) is 0 Å². The molecule has 0 saturated carbocycles. The Bertz CT molecular complexity index is 373. The first-order valence-electron chi connectivity index (χ1n) is 7.48. The van der Waals surface area contributed by atoms with Crippen molar-refractivity contribution in [2.24, 2.45) is 0 Å². The van der Waals surface area contributed by atoms with E-state index in [9.17, 15) is 0 Å². The lowest BCUT2D eigenvalue weighted by molar-refractivity contribution is 0.243. The van der Waals surface area contributed by atoms with Crippen molar-refractivity contribution in [3.05, 3.63) is 24.3 Å². The summed E-state index contributed by atoms with van der Waals surface area (Å²) in [6.07, 6.45) is 5.39. The summed E-state index contributed by atoms with van der Waals surface area (Å²) in [6.45, 7) is 6.29. The van der Waals surface area contributed by atoms with Gasteiger partial charge in [-0.2, -0.15) is 0 Å². The Morgan fingerprint density at radius 1 is 1.32 bits per heavy atom. The molecule has 1 aromatic rings. The van der Waals surface area contributed by atoms with Crippen LogP contribution in [0.3, 0.4) is 0 Å². The summed E-state index contributed by atoms with van der Waals surface area (Å²) in [5.41, 5.74) is 1.10. The van der Waals surface area contributed by atoms with Gasteiger partial charge in [-0.3, -0.25) is 0 Å². The van der Waals surface area contributed by atoms with E-state index in [4.69, 9.17) is 4.74 Å². The van der Waals surface area contributed by atoms with E-state index in [2.05, 4.69) is 30.5 Å². The van der Waals surface area contributed by atoms with E-state index in [-0.39, 0.29) is 6.10 Å². The number of rotatable bonds is 6. The summed E-state index contributed by atoms with van der Waals surface area (Å²) in [5, 5.41) is 7.08. The summed E-state index contributed by atoms with van der Waals surface area (Å²) in [4.78, 5) is 0. The van der Waals surface area contributed by atoms with Gasteiger partial charge in [0.2, 0.25) is 0 Å². The van der Waals surface area contributed by atoms with Gasteiger partial charge in [-0.1, -0.05) is 18.6 Å². The van der Waals surface area contributed by atoms with Crippen LogP contribution in [0.2, 0.25) is 0 Å². The van der Waals surface area contributed by atoms with Crippen LogP contribution < -0.4 is 15.4 Å². The van der Waals surface area contributed by atoms with Crippen molar-refractivity contribution < 1.29 is 4.74 Å². The van der Waals surface area contributed by atoms with Gasteiger partial charge in [0.25, 0.3) is 0 Å². The van der Waals surface area contributed by atoms with Crippen LogP contribution in [0.4, 0.5) is 5.69 Å². The number of benzene rings is 1. The van der Waals surface area contributed by atoms with Crippen LogP contribution in [0.25, 0.3) is 0 Å². The molecule has 1 aliphatic rings. The highest BCUT2D eigenvalue weighted by Crippen LogP contribution is 2.25. The molecule has 0 spiro atoms. The van der Waals surface area contributed by atoms with Crippen LogP contribution in [0.1, 0.15) is 39.5 Å². The highest BCUT2D eigenvalue weighted by atomic mass is 16.5. The van der Waals surface area contributed by atoms with Crippen molar-refractivity contribution in [3.63, 3.8) is 0 Å². The largest absolute Gasteiger partial charge is 0.489 e. The van der Waals surface area contributed by atoms with Gasteiger partial charge in [0, 0.05) is 12.6 Å². The number of hydrogen-bond acceptors (Lipinski definition) is 3. The van der Waals surface area contributed by atoms with E-state index >= 15 is 0 Å². The number of hydrogen-bond donors (Lipinski definition) is 2. The predicted molar refractivity (Wildman–Crippen MR) is 81.0 cm³/mol. The molecule has 0 amide bonds. The molecule has 3 heteroatoms. The van der Waals surface area contributed by atoms with Crippen LogP contribution in [-0.4, -0.2) is 25.2 Å². The van der Waals surface area contributed by atoms with Crippen LogP contribution in [0, 0.1) is 0 Å². The first kappa shape index (κ1) is 14.2. The van der Waals surface area contributed by atoms with Gasteiger partial charge >= 0.3 is 0 Å². The van der Waals surface area contributed by atoms with Crippen molar-refractivity contribution in [3.8, 4) is 5.75 Å². The van der Waals surface area contributed by atoms with Gasteiger partial charge in [-0.15, -0.1) is 0 Å². The molecule has 3 nitrogen and oxygen atoms in total. The summed E-state index contributed by atoms with van der Waals surface area (Å²) < 4.78 is 5.81. The normalized spacial score (nSPS) is 19.4. The molecule has 1 saturated heterocycles. The molecule has 2 rings (SSSR count). The minimum Gasteiger partial charge on any atom is -0.489 e. The van der Waals surface area contributed by atoms with E-state index in [1.54, 1.807) is 0 Å². The Balaban J connectivity index is 1.81. The van der Waals surface area contributed by atoms with Crippen molar-refractivity contribution in [2.45, 2.75) is 51.7 Å². The van der Waals surface area contributed by atoms with E-state index in [1.807, 2.05) is 18.2 Å². The molecule has 1 heterocycles. The molecule has 106 valence electrons. The molecule has 1 fully saturated rings. The Morgan fingerprint density at radius 2 is 2.16 bits per heavy atom. The number of ether oxygens (including phenoxy) is 1. The smallest absolute Gasteiger partial charge is 0.142 e. The van der Waals surface area contributed by atoms with Crippen LogP contribution >= 0.6 is 0 Å². The molecule has 1 aromatic carbocycles. The zero-order chi connectivity index (χ0) is 13.5. The fourth-order valence-electron chi connectivity index (χ4n) is 2.52. The van der Waals surface area contributed by atoms with Crippen LogP contribution in [0.15, 0.2) is 24.3 Å². The molecule has 0 radical (unpaired) electrons. The second kappa shape index (κ2) is 7.39. The zero-order valence-corrected chi connectivity index (χ0v) is 12.1. The lowest BCUT2D eigenvalue weighted by Gasteiger charge is -2.24. The monoisotopic (exact) mass is 262 g/mol. The number of piperidine rings is 1. The molecular formula is C16H26N2O. The predicted octanol–water partition coefficient (Wildman–Crippen LogP) is 3.42. The van der Waals surface area contributed by atoms with Gasteiger partial charge in [0.15, 0.2) is 0 Å². The molecule has 1 atom stereocenters. The standard InChI is InChI=1S/C16H26N2O/c1-13(2)19-16-9-4-3-8-15(16)18-12-10-14-7-5-6-11-17-14/h3-4,8-9,13-14,17-18H,5-7,10-12H2,1-2H3. The molecule has 1 aliphatic heterocycles. The first-order chi connectivity index (χ1) is 9.25. The molecule has 0 aliphatic carbocycles. The summed E-state index contributed by atoms with van der Waals surface area (Å²) >= 11 is 0. The number of anilines is 1. The molecular weight excluding hydrogens is 236 g/mol. The lowest BCUT2D eigenvalue weighted by atomic mass is 10.0. The van der Waals surface area contributed by atoms with Gasteiger partial charge < -0.3 is 15.4 Å². The molecule has 1 unspecified atom stereocenters. The summed E-state index contributed by atoms with van der Waals surface area (Å²) in [5.74, 6) is 0.953. The van der Waals surface area contributed by atoms with E-state index in [0.29, 0.717) is 6.04 Å². The molecule has 19 heavy (non-hydrogen) atoms. The van der Waals surface area contributed by atoms with Crippen LogP contribution in [0.5, 0.6) is 5.75 Å². The highest BCUT2D eigenvalue weighted by Gasteiger charge is 2.12. The van der Waals surface area contributed by atoms with Crippen molar-refractivity contribution in [2.75, 3.05) is 18.4 Å². The summed E-state index contributed by atoms with van der Waals surface area (Å²) in [6, 6.07) is 8.87. The van der Waals surface area contributed by atoms with Crippen molar-refractivity contribution in [1.82, 2.24) is 5.32 Å². The Labute approximate surface area is 116 Å². The molecule has 2 N–H and O–H groups in total. The quantitative estimate of drug-likeness (QED) is 0.824. The Hall–Kier alpha value is -1.22. The van der Waals surface area contributed by atoms with Crippen molar-refractivity contribution >= 4 is 5.69 Å². The maximum Gasteiger partial charge on any atom is 0.142 e. The molecule has 0 bridgehead atoms. The lowest BCUT2D eigenvalue weighted by Crippen LogP contribution is -2.35. The fraction of sp³-hybridized carbons (Fsp3) is 0.625. The fourth-order valence-corrected chi connectivity index (χ4v) is 2.52. The zero-order valence-electron chi connectivity index (χ0n) is 12.1. The maximum atomic E-state index is 5.81. The summed E-state index contributed by atoms with van der Waals surface area (Å²) in [7, 11) is 0. The van der Waals surface area contributed by atoms with E-state index in [0.717, 1.165) is 18.0 Å². The number of nitrogens with one attached hydrogen (secondary N) is 2. The first-order valence-corrected chi connectivity index (χ1v) is 7.48. The average Bonchev–Trinajstić information content (AvgIpc) is 2.41. The minimum atomic E-state index is 0.211. The third-order valence-electron chi connectivity index (χ3n) is 3.47. The molecule has 0 aromatic heterocycles. The SMILES string of the molecule is CC(C)Oc1ccccc1NCCC1CCCCN1. The maximum absolute atomic E-state index is 5.81. The minimum absolute atomic E-state index is 0.211. The average molecular weight is 262 g/mol. The second-order valence-electron chi connectivity index (χ2n) is 5.53. The Kier molecular flexibility index (Phi) is 5.52. The third-order valence-corrected chi connectivity index (χ3v) is 3.47. The number of para-hydroxylation sites is 2. The van der Waals surface area contributed by atoms with Crippen LogP contribution in [-0.2, 0) is 0 Å². The van der Waals surface area contributed by atoms with E-state index < -0.39 is 0 Å². The van der Waals surface area contributed by atoms with E-state index in [1.165, 1.54) is 32.2 Å². The highest BCUT2D eigenvalue weighted by molar-refractivity contribution is 5.56. The van der Waals surface area contributed by atoms with Gasteiger partial charge in [-0.05, 0) is 51.8 Å². The Morgan fingerprint density at radius 3 is 2.89 bits per heavy atom. The van der Waals surface area contributed by atoms with Gasteiger partial charge in [0.1, 0.15) is 5.75 Å². The van der Waals surface area contributed by atoms with Gasteiger partial charge in [0.05, 0.1) is 11.8 Å².